The number of aliphatic hydroxyl groups excluding tert-OH is 1. The van der Waals surface area contributed by atoms with Crippen LogP contribution in [0.3, 0.4) is 0 Å². The van der Waals surface area contributed by atoms with Gasteiger partial charge in [0.2, 0.25) is 0 Å². The highest BCUT2D eigenvalue weighted by Gasteiger charge is 2.25. The van der Waals surface area contributed by atoms with Gasteiger partial charge in [0, 0.05) is 18.2 Å². The van der Waals surface area contributed by atoms with Crippen molar-refractivity contribution in [1.29, 1.82) is 0 Å². The Morgan fingerprint density at radius 1 is 1.35 bits per heavy atom. The first-order valence-corrected chi connectivity index (χ1v) is 8.04. The number of carbonyl (C=O) groups is 1. The monoisotopic (exact) mass is 326 g/mol. The summed E-state index contributed by atoms with van der Waals surface area (Å²) in [6.07, 6.45) is 2.08. The standard InChI is InChI=1S/C17H24F2N2O2/c1-10(2)16(14-6-4-12(18)8-15(14)19)21-17(23)20-9-11-3-5-13(22)7-11/h4,6,8,10-11,13,16,22H,3,5,7,9H2,1-2H3,(H2,20,21,23). The second-order valence-electron chi connectivity index (χ2n) is 6.57. The molecule has 2 rings (SSSR count). The fraction of sp³-hybridized carbons (Fsp3) is 0.588. The van der Waals surface area contributed by atoms with Crippen molar-refractivity contribution in [1.82, 2.24) is 10.6 Å². The number of rotatable bonds is 5. The van der Waals surface area contributed by atoms with Crippen LogP contribution in [-0.4, -0.2) is 23.8 Å². The maximum absolute atomic E-state index is 13.9. The summed E-state index contributed by atoms with van der Waals surface area (Å²) >= 11 is 0. The lowest BCUT2D eigenvalue weighted by molar-refractivity contribution is 0.177. The molecule has 1 aromatic carbocycles. The summed E-state index contributed by atoms with van der Waals surface area (Å²) in [5.74, 6) is -1.08. The number of hydrogen-bond acceptors (Lipinski definition) is 2. The molecule has 4 nitrogen and oxygen atoms in total. The van der Waals surface area contributed by atoms with Crippen molar-refractivity contribution in [3.05, 3.63) is 35.4 Å². The quantitative estimate of drug-likeness (QED) is 0.778. The van der Waals surface area contributed by atoms with Crippen molar-refractivity contribution < 1.29 is 18.7 Å². The summed E-state index contributed by atoms with van der Waals surface area (Å²) in [6, 6.07) is 2.46. The highest BCUT2D eigenvalue weighted by atomic mass is 19.1. The van der Waals surface area contributed by atoms with E-state index in [1.807, 2.05) is 13.8 Å². The number of urea groups is 1. The molecule has 3 atom stereocenters. The maximum Gasteiger partial charge on any atom is 0.315 e. The molecule has 128 valence electrons. The minimum atomic E-state index is -0.664. The van der Waals surface area contributed by atoms with Crippen LogP contribution >= 0.6 is 0 Å². The largest absolute Gasteiger partial charge is 0.393 e. The number of halogens is 2. The van der Waals surface area contributed by atoms with Crippen LogP contribution in [0.15, 0.2) is 18.2 Å². The Morgan fingerprint density at radius 3 is 2.65 bits per heavy atom. The van der Waals surface area contributed by atoms with Crippen LogP contribution < -0.4 is 10.6 Å². The van der Waals surface area contributed by atoms with Crippen LogP contribution in [0.5, 0.6) is 0 Å². The summed E-state index contributed by atoms with van der Waals surface area (Å²) in [6.45, 7) is 4.21. The zero-order valence-electron chi connectivity index (χ0n) is 13.5. The number of hydrogen-bond donors (Lipinski definition) is 3. The van der Waals surface area contributed by atoms with Gasteiger partial charge < -0.3 is 15.7 Å². The van der Waals surface area contributed by atoms with Gasteiger partial charge in [-0.2, -0.15) is 0 Å². The Hall–Kier alpha value is -1.69. The molecule has 1 aliphatic carbocycles. The van der Waals surface area contributed by atoms with E-state index in [1.54, 1.807) is 0 Å². The molecule has 0 saturated heterocycles. The first-order chi connectivity index (χ1) is 10.9. The van der Waals surface area contributed by atoms with Crippen molar-refractivity contribution in [3.63, 3.8) is 0 Å². The second-order valence-corrected chi connectivity index (χ2v) is 6.57. The van der Waals surface area contributed by atoms with E-state index in [1.165, 1.54) is 12.1 Å². The SMILES string of the molecule is CC(C)C(NC(=O)NCC1CCC(O)C1)c1ccc(F)cc1F. The fourth-order valence-electron chi connectivity index (χ4n) is 3.02. The van der Waals surface area contributed by atoms with Gasteiger partial charge >= 0.3 is 6.03 Å². The van der Waals surface area contributed by atoms with Gasteiger partial charge in [0.05, 0.1) is 12.1 Å². The first-order valence-electron chi connectivity index (χ1n) is 8.04. The van der Waals surface area contributed by atoms with Gasteiger partial charge in [-0.15, -0.1) is 0 Å². The smallest absolute Gasteiger partial charge is 0.315 e. The molecule has 1 saturated carbocycles. The predicted molar refractivity (Wildman–Crippen MR) is 83.8 cm³/mol. The Bertz CT molecular complexity index is 551. The van der Waals surface area contributed by atoms with Gasteiger partial charge in [0.15, 0.2) is 0 Å². The van der Waals surface area contributed by atoms with Gasteiger partial charge in [-0.3, -0.25) is 0 Å². The summed E-state index contributed by atoms with van der Waals surface area (Å²) in [5.41, 5.74) is 0.271. The zero-order valence-corrected chi connectivity index (χ0v) is 13.5. The summed E-state index contributed by atoms with van der Waals surface area (Å²) in [7, 11) is 0. The molecule has 6 heteroatoms. The van der Waals surface area contributed by atoms with Crippen LogP contribution in [0.4, 0.5) is 13.6 Å². The number of carbonyl (C=O) groups excluding carboxylic acids is 1. The summed E-state index contributed by atoms with van der Waals surface area (Å²) < 4.78 is 27.0. The molecular formula is C17H24F2N2O2. The van der Waals surface area contributed by atoms with E-state index in [9.17, 15) is 18.7 Å². The number of amides is 2. The Labute approximate surface area is 135 Å². The third-order valence-electron chi connectivity index (χ3n) is 4.32. The van der Waals surface area contributed by atoms with Crippen LogP contribution in [0.1, 0.15) is 44.7 Å². The van der Waals surface area contributed by atoms with E-state index in [4.69, 9.17) is 0 Å². The molecule has 0 bridgehead atoms. The Kier molecular flexibility index (Phi) is 5.93. The van der Waals surface area contributed by atoms with Gasteiger partial charge in [0.25, 0.3) is 0 Å². The minimum Gasteiger partial charge on any atom is -0.393 e. The van der Waals surface area contributed by atoms with E-state index in [-0.39, 0.29) is 29.5 Å². The molecule has 0 heterocycles. The number of benzene rings is 1. The first kappa shape index (κ1) is 17.7. The van der Waals surface area contributed by atoms with E-state index in [0.717, 1.165) is 18.9 Å². The lowest BCUT2D eigenvalue weighted by Crippen LogP contribution is -2.41. The molecule has 1 aromatic rings. The average Bonchev–Trinajstić information content (AvgIpc) is 2.89. The fourth-order valence-corrected chi connectivity index (χ4v) is 3.02. The lowest BCUT2D eigenvalue weighted by atomic mass is 9.95. The maximum atomic E-state index is 13.9. The zero-order chi connectivity index (χ0) is 17.0. The highest BCUT2D eigenvalue weighted by Crippen LogP contribution is 2.26. The third kappa shape index (κ3) is 4.89. The molecule has 2 amide bonds. The molecule has 0 radical (unpaired) electrons. The molecule has 23 heavy (non-hydrogen) atoms. The second kappa shape index (κ2) is 7.73. The predicted octanol–water partition coefficient (Wildman–Crippen LogP) is 3.12. The molecule has 0 spiro atoms. The van der Waals surface area contributed by atoms with Crippen LogP contribution in [0.25, 0.3) is 0 Å². The van der Waals surface area contributed by atoms with Gasteiger partial charge in [-0.05, 0) is 37.2 Å². The highest BCUT2D eigenvalue weighted by molar-refractivity contribution is 5.74. The van der Waals surface area contributed by atoms with E-state index in [2.05, 4.69) is 10.6 Å². The topological polar surface area (TPSA) is 61.4 Å². The van der Waals surface area contributed by atoms with Gasteiger partial charge in [-0.25, -0.2) is 13.6 Å². The Balaban J connectivity index is 1.94. The van der Waals surface area contributed by atoms with Crippen molar-refractivity contribution in [2.24, 2.45) is 11.8 Å². The average molecular weight is 326 g/mol. The van der Waals surface area contributed by atoms with E-state index >= 15 is 0 Å². The number of aliphatic hydroxyl groups is 1. The molecule has 3 N–H and O–H groups in total. The Morgan fingerprint density at radius 2 is 2.09 bits per heavy atom. The molecule has 0 aromatic heterocycles. The lowest BCUT2D eigenvalue weighted by Gasteiger charge is -2.24. The summed E-state index contributed by atoms with van der Waals surface area (Å²) in [5, 5.41) is 15.0. The van der Waals surface area contributed by atoms with Crippen molar-refractivity contribution in [2.45, 2.75) is 45.3 Å². The van der Waals surface area contributed by atoms with Crippen LogP contribution in [0.2, 0.25) is 0 Å². The molecular weight excluding hydrogens is 302 g/mol. The van der Waals surface area contributed by atoms with Crippen molar-refractivity contribution in [2.75, 3.05) is 6.54 Å². The van der Waals surface area contributed by atoms with Crippen molar-refractivity contribution in [3.8, 4) is 0 Å². The van der Waals surface area contributed by atoms with Crippen LogP contribution in [-0.2, 0) is 0 Å². The molecule has 1 aliphatic rings. The normalized spacial score (nSPS) is 22.2. The minimum absolute atomic E-state index is 0.0472. The van der Waals surface area contributed by atoms with Gasteiger partial charge in [-0.1, -0.05) is 19.9 Å². The molecule has 0 aliphatic heterocycles. The van der Waals surface area contributed by atoms with Crippen LogP contribution in [0, 0.1) is 23.5 Å². The van der Waals surface area contributed by atoms with E-state index < -0.39 is 17.7 Å². The molecule has 3 unspecified atom stereocenters. The molecule has 1 fully saturated rings. The van der Waals surface area contributed by atoms with Crippen molar-refractivity contribution >= 4 is 6.03 Å². The third-order valence-corrected chi connectivity index (χ3v) is 4.32. The number of nitrogens with one attached hydrogen (secondary N) is 2. The summed E-state index contributed by atoms with van der Waals surface area (Å²) in [4.78, 5) is 12.1. The van der Waals surface area contributed by atoms with Gasteiger partial charge in [0.1, 0.15) is 11.6 Å². The van der Waals surface area contributed by atoms with E-state index in [0.29, 0.717) is 13.0 Å².